The lowest BCUT2D eigenvalue weighted by molar-refractivity contribution is -0.120. The predicted octanol–water partition coefficient (Wildman–Crippen LogP) is 1.68. The minimum absolute atomic E-state index is 0.398. The molecule has 0 fully saturated rings. The van der Waals surface area contributed by atoms with Crippen LogP contribution in [0.15, 0.2) is 60.7 Å². The molecule has 2 aromatic rings. The smallest absolute Gasteiger partial charge is 0.251 e. The highest BCUT2D eigenvalue weighted by atomic mass is 16.2. The number of nitrogens with two attached hydrogens (primary N) is 2. The second-order valence-electron chi connectivity index (χ2n) is 5.80. The summed E-state index contributed by atoms with van der Waals surface area (Å²) in [4.78, 5) is 23.5. The van der Waals surface area contributed by atoms with Gasteiger partial charge in [-0.05, 0) is 48.9 Å². The maximum absolute atomic E-state index is 12.2. The molecule has 0 spiro atoms. The van der Waals surface area contributed by atoms with Crippen molar-refractivity contribution >= 4 is 17.9 Å². The minimum atomic E-state index is -0.907. The van der Waals surface area contributed by atoms with Crippen molar-refractivity contribution in [1.29, 1.82) is 0 Å². The van der Waals surface area contributed by atoms with Gasteiger partial charge in [-0.2, -0.15) is 0 Å². The Balaban J connectivity index is 1.99. The molecule has 0 saturated carbocycles. The zero-order valence-corrected chi connectivity index (χ0v) is 14.5. The Hall–Kier alpha value is -3.36. The molecule has 2 rings (SSSR count). The van der Waals surface area contributed by atoms with Crippen molar-refractivity contribution in [2.24, 2.45) is 11.5 Å². The Labute approximate surface area is 153 Å². The van der Waals surface area contributed by atoms with Gasteiger partial charge in [-0.1, -0.05) is 42.2 Å². The van der Waals surface area contributed by atoms with Crippen molar-refractivity contribution in [1.82, 2.24) is 5.32 Å². The first-order valence-corrected chi connectivity index (χ1v) is 8.16. The summed E-state index contributed by atoms with van der Waals surface area (Å²) < 4.78 is 0. The first kappa shape index (κ1) is 19.0. The van der Waals surface area contributed by atoms with Crippen LogP contribution in [0.25, 0.3) is 6.08 Å². The monoisotopic (exact) mass is 347 g/mol. The normalized spacial score (nSPS) is 12.7. The number of hydrogen-bond acceptors (Lipinski definition) is 3. The zero-order chi connectivity index (χ0) is 18.9. The molecule has 5 nitrogen and oxygen atoms in total. The summed E-state index contributed by atoms with van der Waals surface area (Å²) >= 11 is 0. The number of benzene rings is 2. The van der Waals surface area contributed by atoms with E-state index < -0.39 is 23.9 Å². The lowest BCUT2D eigenvalue weighted by Gasteiger charge is -2.18. The van der Waals surface area contributed by atoms with Gasteiger partial charge in [-0.3, -0.25) is 9.59 Å². The van der Waals surface area contributed by atoms with E-state index in [1.165, 1.54) is 0 Å². The topological polar surface area (TPSA) is 98.2 Å². The predicted molar refractivity (Wildman–Crippen MR) is 103 cm³/mol. The largest absolute Gasteiger partial charge is 0.368 e. The van der Waals surface area contributed by atoms with Gasteiger partial charge in [0, 0.05) is 17.2 Å². The van der Waals surface area contributed by atoms with E-state index in [9.17, 15) is 9.59 Å². The molecule has 2 amide bonds. The van der Waals surface area contributed by atoms with Crippen LogP contribution in [-0.2, 0) is 4.79 Å². The summed E-state index contributed by atoms with van der Waals surface area (Å²) in [7, 11) is 0. The van der Waals surface area contributed by atoms with Crippen LogP contribution in [0.3, 0.4) is 0 Å². The Morgan fingerprint density at radius 1 is 1.08 bits per heavy atom. The number of hydrogen-bond donors (Lipinski definition) is 3. The van der Waals surface area contributed by atoms with E-state index in [2.05, 4.69) is 17.2 Å². The summed E-state index contributed by atoms with van der Waals surface area (Å²) in [6, 6.07) is 15.1. The summed E-state index contributed by atoms with van der Waals surface area (Å²) in [5, 5.41) is 2.54. The second kappa shape index (κ2) is 9.21. The summed E-state index contributed by atoms with van der Waals surface area (Å²) in [5.74, 6) is 4.93. The Bertz CT molecular complexity index is 844. The number of nitrogens with one attached hydrogen (secondary N) is 1. The van der Waals surface area contributed by atoms with Crippen molar-refractivity contribution in [2.75, 3.05) is 0 Å². The third-order valence-corrected chi connectivity index (χ3v) is 3.64. The van der Waals surface area contributed by atoms with E-state index in [0.29, 0.717) is 5.56 Å². The molecule has 0 heterocycles. The summed E-state index contributed by atoms with van der Waals surface area (Å²) in [5.41, 5.74) is 13.2. The lowest BCUT2D eigenvalue weighted by atomic mass is 10.1. The average molecular weight is 347 g/mol. The zero-order valence-electron chi connectivity index (χ0n) is 14.5. The first-order valence-electron chi connectivity index (χ1n) is 8.16. The molecule has 132 valence electrons. The number of amides is 2. The third kappa shape index (κ3) is 5.62. The van der Waals surface area contributed by atoms with Crippen molar-refractivity contribution in [2.45, 2.75) is 19.0 Å². The molecule has 5 heteroatoms. The Morgan fingerprint density at radius 2 is 1.73 bits per heavy atom. The molecule has 0 aliphatic heterocycles. The van der Waals surface area contributed by atoms with E-state index in [4.69, 9.17) is 11.5 Å². The van der Waals surface area contributed by atoms with Crippen LogP contribution in [0.4, 0.5) is 0 Å². The van der Waals surface area contributed by atoms with Gasteiger partial charge in [0.15, 0.2) is 0 Å². The Kier molecular flexibility index (Phi) is 6.72. The maximum atomic E-state index is 12.2. The molecule has 0 saturated heterocycles. The molecule has 0 aliphatic rings. The van der Waals surface area contributed by atoms with E-state index >= 15 is 0 Å². The van der Waals surface area contributed by atoms with Crippen LogP contribution in [0.1, 0.15) is 28.4 Å². The molecule has 26 heavy (non-hydrogen) atoms. The van der Waals surface area contributed by atoms with Gasteiger partial charge in [0.25, 0.3) is 5.91 Å². The highest BCUT2D eigenvalue weighted by molar-refractivity contribution is 5.97. The number of carbonyl (C=O) groups excluding carboxylic acids is 2. The van der Waals surface area contributed by atoms with Crippen LogP contribution >= 0.6 is 0 Å². The van der Waals surface area contributed by atoms with Gasteiger partial charge in [0.2, 0.25) is 5.91 Å². The van der Waals surface area contributed by atoms with Crippen LogP contribution in [0.2, 0.25) is 0 Å². The quantitative estimate of drug-likeness (QED) is 0.718. The van der Waals surface area contributed by atoms with Crippen molar-refractivity contribution in [3.05, 3.63) is 77.4 Å². The van der Waals surface area contributed by atoms with Gasteiger partial charge in [-0.15, -0.1) is 0 Å². The number of carbonyl (C=O) groups is 2. The molecular formula is C21H21N3O2. The second-order valence-corrected chi connectivity index (χ2v) is 5.80. The molecule has 2 aromatic carbocycles. The van der Waals surface area contributed by atoms with Crippen LogP contribution in [-0.4, -0.2) is 23.9 Å². The average Bonchev–Trinajstić information content (AvgIpc) is 2.64. The van der Waals surface area contributed by atoms with Gasteiger partial charge in [-0.25, -0.2) is 0 Å². The van der Waals surface area contributed by atoms with E-state index in [-0.39, 0.29) is 0 Å². The third-order valence-electron chi connectivity index (χ3n) is 3.64. The van der Waals surface area contributed by atoms with Crippen LogP contribution in [0, 0.1) is 11.8 Å². The van der Waals surface area contributed by atoms with Gasteiger partial charge in [0.05, 0.1) is 0 Å². The molecule has 0 radical (unpaired) electrons. The molecule has 0 aromatic heterocycles. The molecule has 0 aliphatic carbocycles. The fourth-order valence-electron chi connectivity index (χ4n) is 2.22. The molecular weight excluding hydrogens is 326 g/mol. The highest BCUT2D eigenvalue weighted by Gasteiger charge is 2.22. The van der Waals surface area contributed by atoms with Crippen LogP contribution in [0.5, 0.6) is 0 Å². The van der Waals surface area contributed by atoms with Crippen molar-refractivity contribution in [3.63, 3.8) is 0 Å². The van der Waals surface area contributed by atoms with Gasteiger partial charge in [0.1, 0.15) is 6.04 Å². The minimum Gasteiger partial charge on any atom is -0.368 e. The van der Waals surface area contributed by atoms with E-state index in [1.54, 1.807) is 37.3 Å². The van der Waals surface area contributed by atoms with Crippen LogP contribution < -0.4 is 16.8 Å². The fraction of sp³-hybridized carbons (Fsp3) is 0.143. The number of primary amides is 1. The van der Waals surface area contributed by atoms with E-state index in [1.807, 2.05) is 36.4 Å². The Morgan fingerprint density at radius 3 is 2.31 bits per heavy atom. The standard InChI is InChI=1S/C21H21N3O2/c1-15(22)19(20(23)25)24-21(26)18-13-11-17(12-14-18)10-6-5-9-16-7-3-2-4-8-16/h2-4,6-8,10-15,19H,22H2,1H3,(H2,23,25)(H,24,26)/t15-,19+/m1/s1. The number of allylic oxidation sites excluding steroid dienone is 1. The van der Waals surface area contributed by atoms with Gasteiger partial charge >= 0.3 is 0 Å². The molecule has 0 bridgehead atoms. The summed E-state index contributed by atoms with van der Waals surface area (Å²) in [6.45, 7) is 1.61. The van der Waals surface area contributed by atoms with Crippen molar-refractivity contribution in [3.8, 4) is 11.8 Å². The fourth-order valence-corrected chi connectivity index (χ4v) is 2.22. The first-order chi connectivity index (χ1) is 12.5. The maximum Gasteiger partial charge on any atom is 0.251 e. The lowest BCUT2D eigenvalue weighted by Crippen LogP contribution is -2.53. The SMILES string of the molecule is C[C@@H](N)[C@H](NC(=O)c1ccc(C=CC#Cc2ccccc2)cc1)C(N)=O. The number of rotatable bonds is 5. The van der Waals surface area contributed by atoms with E-state index in [0.717, 1.165) is 11.1 Å². The van der Waals surface area contributed by atoms with Crippen molar-refractivity contribution < 1.29 is 9.59 Å². The summed E-state index contributed by atoms with van der Waals surface area (Å²) in [6.07, 6.45) is 3.60. The molecule has 2 atom stereocenters. The van der Waals surface area contributed by atoms with Gasteiger partial charge < -0.3 is 16.8 Å². The molecule has 0 unspecified atom stereocenters. The molecule has 5 N–H and O–H groups in total. The highest BCUT2D eigenvalue weighted by Crippen LogP contribution is 2.07.